The normalized spacial score (nSPS) is 10.8. The molecular formula is C7H7N3O2. The highest BCUT2D eigenvalue weighted by Crippen LogP contribution is 2.09. The molecule has 0 bridgehead atoms. The third-order valence-electron chi connectivity index (χ3n) is 1.65. The fraction of sp³-hybridized carbons (Fsp3) is 0.143. The van der Waals surface area contributed by atoms with E-state index in [-0.39, 0.29) is 5.56 Å². The summed E-state index contributed by atoms with van der Waals surface area (Å²) in [4.78, 5) is 14.7. The molecular weight excluding hydrogens is 158 g/mol. The van der Waals surface area contributed by atoms with Crippen LogP contribution in [0.15, 0.2) is 12.4 Å². The second-order valence-electron chi connectivity index (χ2n) is 2.57. The van der Waals surface area contributed by atoms with Crippen molar-refractivity contribution in [3.63, 3.8) is 0 Å². The van der Waals surface area contributed by atoms with Gasteiger partial charge in [-0.25, -0.2) is 14.3 Å². The van der Waals surface area contributed by atoms with Crippen molar-refractivity contribution in [3.8, 4) is 0 Å². The molecule has 5 nitrogen and oxygen atoms in total. The summed E-state index contributed by atoms with van der Waals surface area (Å²) in [5, 5.41) is 11.5. The number of aryl methyl sites for hydroxylation is 1. The molecule has 2 rings (SSSR count). The van der Waals surface area contributed by atoms with Gasteiger partial charge in [0.1, 0.15) is 5.56 Å². The summed E-state index contributed by atoms with van der Waals surface area (Å²) >= 11 is 0. The molecule has 0 saturated carbocycles. The number of rotatable bonds is 1. The molecule has 0 aliphatic heterocycles. The summed E-state index contributed by atoms with van der Waals surface area (Å²) < 4.78 is 1.58. The van der Waals surface area contributed by atoms with Crippen molar-refractivity contribution in [2.24, 2.45) is 0 Å². The maximum atomic E-state index is 10.6. The van der Waals surface area contributed by atoms with Crippen molar-refractivity contribution in [3.05, 3.63) is 23.7 Å². The van der Waals surface area contributed by atoms with Gasteiger partial charge in [0, 0.05) is 12.4 Å². The smallest absolute Gasteiger partial charge is 0.341 e. The van der Waals surface area contributed by atoms with Gasteiger partial charge in [-0.15, -0.1) is 0 Å². The van der Waals surface area contributed by atoms with Crippen molar-refractivity contribution >= 4 is 11.6 Å². The number of imidazole rings is 1. The van der Waals surface area contributed by atoms with Crippen LogP contribution in [0.25, 0.3) is 5.65 Å². The Morgan fingerprint density at radius 1 is 1.75 bits per heavy atom. The Kier molecular flexibility index (Phi) is 1.21. The minimum absolute atomic E-state index is 0.197. The van der Waals surface area contributed by atoms with Crippen LogP contribution in [0.5, 0.6) is 0 Å². The molecule has 62 valence electrons. The summed E-state index contributed by atoms with van der Waals surface area (Å²) in [6.07, 6.45) is 3.16. The number of hydrogen-bond acceptors (Lipinski definition) is 2. The number of nitrogens with zero attached hydrogens (tertiary/aromatic N) is 2. The Labute approximate surface area is 67.6 Å². The van der Waals surface area contributed by atoms with Gasteiger partial charge in [0.05, 0.1) is 5.69 Å². The van der Waals surface area contributed by atoms with Crippen LogP contribution in [0.1, 0.15) is 16.1 Å². The fourth-order valence-corrected chi connectivity index (χ4v) is 1.14. The zero-order valence-electron chi connectivity index (χ0n) is 6.40. The van der Waals surface area contributed by atoms with Gasteiger partial charge < -0.3 is 5.11 Å². The molecule has 2 aromatic heterocycles. The summed E-state index contributed by atoms with van der Waals surface area (Å²) in [7, 11) is 0. The van der Waals surface area contributed by atoms with Crippen LogP contribution < -0.4 is 0 Å². The maximum absolute atomic E-state index is 10.6. The molecule has 0 aliphatic carbocycles. The first-order chi connectivity index (χ1) is 5.68. The number of aromatic carboxylic acids is 1. The molecule has 0 aromatic carbocycles. The molecule has 0 atom stereocenters. The van der Waals surface area contributed by atoms with E-state index in [1.165, 1.54) is 6.20 Å². The van der Waals surface area contributed by atoms with Crippen molar-refractivity contribution in [2.75, 3.05) is 0 Å². The van der Waals surface area contributed by atoms with Gasteiger partial charge in [0.2, 0.25) is 0 Å². The van der Waals surface area contributed by atoms with Crippen molar-refractivity contribution < 1.29 is 9.90 Å². The molecule has 0 radical (unpaired) electrons. The number of carbonyl (C=O) groups is 1. The first kappa shape index (κ1) is 6.90. The van der Waals surface area contributed by atoms with E-state index in [0.717, 1.165) is 5.69 Å². The first-order valence-corrected chi connectivity index (χ1v) is 3.45. The van der Waals surface area contributed by atoms with E-state index in [1.54, 1.807) is 10.7 Å². The number of carboxylic acids is 1. The van der Waals surface area contributed by atoms with Gasteiger partial charge in [-0.2, -0.15) is 0 Å². The Bertz CT molecular complexity index is 440. The third kappa shape index (κ3) is 0.795. The quantitative estimate of drug-likeness (QED) is 0.652. The highest BCUT2D eigenvalue weighted by atomic mass is 16.4. The van der Waals surface area contributed by atoms with Crippen LogP contribution in [0, 0.1) is 6.92 Å². The molecule has 0 aliphatic rings. The number of nitrogens with one attached hydrogen (secondary N) is 1. The summed E-state index contributed by atoms with van der Waals surface area (Å²) in [5.74, 6) is -0.966. The zero-order valence-corrected chi connectivity index (χ0v) is 6.40. The predicted octanol–water partition coefficient (Wildman–Crippen LogP) is 0.669. The molecule has 12 heavy (non-hydrogen) atoms. The largest absolute Gasteiger partial charge is 0.477 e. The Hall–Kier alpha value is -1.78. The fourth-order valence-electron chi connectivity index (χ4n) is 1.14. The second kappa shape index (κ2) is 2.10. The first-order valence-electron chi connectivity index (χ1n) is 3.45. The van der Waals surface area contributed by atoms with Crippen LogP contribution in [-0.4, -0.2) is 25.7 Å². The van der Waals surface area contributed by atoms with Gasteiger partial charge in [-0.05, 0) is 6.92 Å². The number of fused-ring (bicyclic) bond motifs is 1. The number of carboxylic acid groups (broad SMARTS) is 1. The Morgan fingerprint density at radius 2 is 2.50 bits per heavy atom. The maximum Gasteiger partial charge on any atom is 0.341 e. The number of aromatic amines is 1. The van der Waals surface area contributed by atoms with Crippen LogP contribution in [-0.2, 0) is 0 Å². The van der Waals surface area contributed by atoms with Crippen LogP contribution in [0.3, 0.4) is 0 Å². The molecule has 0 saturated heterocycles. The Morgan fingerprint density at radius 3 is 3.17 bits per heavy atom. The molecule has 0 spiro atoms. The van der Waals surface area contributed by atoms with Crippen molar-refractivity contribution in [2.45, 2.75) is 6.92 Å². The lowest BCUT2D eigenvalue weighted by atomic mass is 10.3. The number of H-pyrrole nitrogens is 1. The minimum Gasteiger partial charge on any atom is -0.477 e. The second-order valence-corrected chi connectivity index (χ2v) is 2.57. The van der Waals surface area contributed by atoms with E-state index in [9.17, 15) is 4.79 Å². The summed E-state index contributed by atoms with van der Waals surface area (Å²) in [6, 6.07) is 0. The highest BCUT2D eigenvalue weighted by molar-refractivity contribution is 5.94. The third-order valence-corrected chi connectivity index (χ3v) is 1.65. The average Bonchev–Trinajstić information content (AvgIpc) is 2.43. The van der Waals surface area contributed by atoms with Gasteiger partial charge in [0.25, 0.3) is 0 Å². The van der Waals surface area contributed by atoms with E-state index < -0.39 is 5.97 Å². The monoisotopic (exact) mass is 165 g/mol. The van der Waals surface area contributed by atoms with E-state index in [0.29, 0.717) is 5.65 Å². The molecule has 0 unspecified atom stereocenters. The summed E-state index contributed by atoms with van der Waals surface area (Å²) in [6.45, 7) is 1.81. The molecule has 2 aromatic rings. The van der Waals surface area contributed by atoms with Gasteiger partial charge in [-0.1, -0.05) is 0 Å². The summed E-state index contributed by atoms with van der Waals surface area (Å²) in [5.41, 5.74) is 1.45. The van der Waals surface area contributed by atoms with E-state index >= 15 is 0 Å². The van der Waals surface area contributed by atoms with Crippen LogP contribution in [0.4, 0.5) is 0 Å². The van der Waals surface area contributed by atoms with E-state index in [4.69, 9.17) is 5.11 Å². The van der Waals surface area contributed by atoms with E-state index in [1.807, 2.05) is 6.92 Å². The lowest BCUT2D eigenvalue weighted by Crippen LogP contribution is -1.94. The lowest BCUT2D eigenvalue weighted by Gasteiger charge is -1.83. The standard InChI is InChI=1S/C7H7N3O2/c1-4-3-10-6(9-4)5(2-8-10)7(11)12/h2-3,8H,1H3,(H,11,12). The minimum atomic E-state index is -0.966. The molecule has 0 fully saturated rings. The Balaban J connectivity index is 2.76. The topological polar surface area (TPSA) is 70.4 Å². The molecule has 0 amide bonds. The predicted molar refractivity (Wildman–Crippen MR) is 41.2 cm³/mol. The molecule has 2 N–H and O–H groups in total. The molecule has 2 heterocycles. The van der Waals surface area contributed by atoms with Gasteiger partial charge >= 0.3 is 5.97 Å². The van der Waals surface area contributed by atoms with Gasteiger partial charge in [-0.3, -0.25) is 5.10 Å². The number of hydrogen-bond donors (Lipinski definition) is 2. The van der Waals surface area contributed by atoms with Crippen molar-refractivity contribution in [1.29, 1.82) is 0 Å². The SMILES string of the molecule is Cc1cn2[nH]cc(C(=O)O)c2n1. The van der Waals surface area contributed by atoms with E-state index in [2.05, 4.69) is 10.1 Å². The number of aromatic nitrogens is 3. The average molecular weight is 165 g/mol. The van der Waals surface area contributed by atoms with Crippen LogP contribution in [0.2, 0.25) is 0 Å². The molecule has 5 heteroatoms. The van der Waals surface area contributed by atoms with Gasteiger partial charge in [0.15, 0.2) is 5.65 Å². The highest BCUT2D eigenvalue weighted by Gasteiger charge is 2.11. The zero-order chi connectivity index (χ0) is 8.72. The van der Waals surface area contributed by atoms with Crippen LogP contribution >= 0.6 is 0 Å². The lowest BCUT2D eigenvalue weighted by molar-refractivity contribution is 0.0699. The van der Waals surface area contributed by atoms with Crippen molar-refractivity contribution in [1.82, 2.24) is 14.6 Å².